The molecule has 0 fully saturated rings. The van der Waals surface area contributed by atoms with Gasteiger partial charge in [0.05, 0.1) is 7.11 Å². The Morgan fingerprint density at radius 1 is 1.13 bits per heavy atom. The summed E-state index contributed by atoms with van der Waals surface area (Å²) in [6.45, 7) is 0. The third-order valence-corrected chi connectivity index (χ3v) is 3.81. The number of nitrogens with zero attached hydrogens (tertiary/aromatic N) is 2. The Bertz CT molecular complexity index is 813. The van der Waals surface area contributed by atoms with E-state index in [-0.39, 0.29) is 11.9 Å². The molecule has 1 amide bonds. The van der Waals surface area contributed by atoms with Crippen molar-refractivity contribution in [3.63, 3.8) is 0 Å². The number of hydrogen-bond acceptors (Lipinski definition) is 5. The molecule has 0 saturated heterocycles. The zero-order valence-corrected chi connectivity index (χ0v) is 14.3. The number of carbonyl (C=O) groups excluding carboxylic acids is 1. The summed E-state index contributed by atoms with van der Waals surface area (Å²) in [6, 6.07) is 14.4. The van der Waals surface area contributed by atoms with Crippen molar-refractivity contribution < 1.29 is 14.1 Å². The van der Waals surface area contributed by atoms with E-state index in [0.717, 1.165) is 14.9 Å². The van der Waals surface area contributed by atoms with Gasteiger partial charge in [-0.2, -0.15) is 4.98 Å². The van der Waals surface area contributed by atoms with Crippen LogP contribution < -0.4 is 10.1 Å². The Kier molecular flexibility index (Phi) is 4.56. The Balaban J connectivity index is 1.73. The highest BCUT2D eigenvalue weighted by atomic mass is 127. The first-order valence-electron chi connectivity index (χ1n) is 6.71. The van der Waals surface area contributed by atoms with Gasteiger partial charge in [0.2, 0.25) is 0 Å². The maximum absolute atomic E-state index is 12.1. The van der Waals surface area contributed by atoms with Crippen LogP contribution in [0.25, 0.3) is 11.5 Å². The number of hydrogen-bond donors (Lipinski definition) is 1. The normalized spacial score (nSPS) is 10.3. The summed E-state index contributed by atoms with van der Waals surface area (Å²) in [5.74, 6) is 0.897. The quantitative estimate of drug-likeness (QED) is 0.652. The van der Waals surface area contributed by atoms with Crippen molar-refractivity contribution in [1.82, 2.24) is 10.1 Å². The third kappa shape index (κ3) is 3.67. The molecule has 0 aliphatic carbocycles. The van der Waals surface area contributed by atoms with E-state index < -0.39 is 0 Å². The fraction of sp³-hybridized carbons (Fsp3) is 0.0625. The molecule has 0 saturated carbocycles. The van der Waals surface area contributed by atoms with Crippen LogP contribution in [0, 0.1) is 3.57 Å². The van der Waals surface area contributed by atoms with E-state index in [9.17, 15) is 4.79 Å². The second-order valence-electron chi connectivity index (χ2n) is 4.61. The minimum Gasteiger partial charge on any atom is -0.497 e. The van der Waals surface area contributed by atoms with E-state index in [4.69, 9.17) is 9.26 Å². The van der Waals surface area contributed by atoms with Crippen LogP contribution in [0.1, 0.15) is 10.4 Å². The van der Waals surface area contributed by atoms with E-state index in [2.05, 4.69) is 38.0 Å². The van der Waals surface area contributed by atoms with Gasteiger partial charge in [0.1, 0.15) is 5.75 Å². The van der Waals surface area contributed by atoms with E-state index in [1.807, 2.05) is 12.1 Å². The number of carbonyl (C=O) groups is 1. The zero-order chi connectivity index (χ0) is 16.2. The number of methoxy groups -OCH3 is 1. The highest BCUT2D eigenvalue weighted by Gasteiger charge is 2.12. The first-order valence-corrected chi connectivity index (χ1v) is 7.78. The predicted molar refractivity (Wildman–Crippen MR) is 93.4 cm³/mol. The van der Waals surface area contributed by atoms with Crippen LogP contribution in [0.5, 0.6) is 5.75 Å². The summed E-state index contributed by atoms with van der Waals surface area (Å²) < 4.78 is 11.3. The number of aromatic nitrogens is 2. The molecule has 0 bridgehead atoms. The highest BCUT2D eigenvalue weighted by Crippen LogP contribution is 2.21. The zero-order valence-electron chi connectivity index (χ0n) is 12.1. The molecular formula is C16H12IN3O3. The van der Waals surface area contributed by atoms with E-state index >= 15 is 0 Å². The lowest BCUT2D eigenvalue weighted by atomic mass is 10.2. The number of halogens is 1. The molecule has 7 heteroatoms. The molecule has 0 unspecified atom stereocenters. The molecule has 0 spiro atoms. The summed E-state index contributed by atoms with van der Waals surface area (Å²) in [4.78, 5) is 16.3. The summed E-state index contributed by atoms with van der Waals surface area (Å²) >= 11 is 2.18. The van der Waals surface area contributed by atoms with Crippen LogP contribution in [0.15, 0.2) is 53.1 Å². The molecule has 116 valence electrons. The minimum atomic E-state index is -0.288. The molecular weight excluding hydrogens is 409 g/mol. The van der Waals surface area contributed by atoms with E-state index in [0.29, 0.717) is 11.5 Å². The number of anilines is 1. The number of ether oxygens (including phenoxy) is 1. The Morgan fingerprint density at radius 2 is 1.83 bits per heavy atom. The van der Waals surface area contributed by atoms with Crippen molar-refractivity contribution >= 4 is 34.4 Å². The van der Waals surface area contributed by atoms with Crippen molar-refractivity contribution in [2.45, 2.75) is 0 Å². The van der Waals surface area contributed by atoms with Crippen LogP contribution in [0.3, 0.4) is 0 Å². The predicted octanol–water partition coefficient (Wildman–Crippen LogP) is 3.60. The van der Waals surface area contributed by atoms with Gasteiger partial charge in [-0.15, -0.1) is 0 Å². The molecule has 0 radical (unpaired) electrons. The van der Waals surface area contributed by atoms with Gasteiger partial charge in [-0.05, 0) is 76.3 Å². The van der Waals surface area contributed by atoms with Crippen LogP contribution >= 0.6 is 22.6 Å². The van der Waals surface area contributed by atoms with Crippen LogP contribution in [-0.4, -0.2) is 23.2 Å². The van der Waals surface area contributed by atoms with Gasteiger partial charge < -0.3 is 9.26 Å². The van der Waals surface area contributed by atoms with Gasteiger partial charge in [0.25, 0.3) is 17.7 Å². The molecule has 0 atom stereocenters. The lowest BCUT2D eigenvalue weighted by molar-refractivity contribution is 0.102. The van der Waals surface area contributed by atoms with Crippen molar-refractivity contribution in [2.24, 2.45) is 0 Å². The summed E-state index contributed by atoms with van der Waals surface area (Å²) in [5.41, 5.74) is 1.27. The van der Waals surface area contributed by atoms with E-state index in [1.165, 1.54) is 0 Å². The number of benzene rings is 2. The standard InChI is InChI=1S/C16H12IN3O3/c1-22-13-8-4-11(5-9-13)15-19-16(20-23-15)18-14(21)10-2-6-12(17)7-3-10/h2-9H,1H3,(H,18,20,21). The molecule has 1 heterocycles. The Hall–Kier alpha value is -2.42. The molecule has 3 aromatic rings. The second kappa shape index (κ2) is 6.78. The number of rotatable bonds is 4. The lowest BCUT2D eigenvalue weighted by Gasteiger charge is -2.00. The summed E-state index contributed by atoms with van der Waals surface area (Å²) in [7, 11) is 1.60. The molecule has 0 aliphatic heterocycles. The van der Waals surface area contributed by atoms with Crippen molar-refractivity contribution in [1.29, 1.82) is 0 Å². The first-order chi connectivity index (χ1) is 11.2. The molecule has 23 heavy (non-hydrogen) atoms. The van der Waals surface area contributed by atoms with Gasteiger partial charge in [-0.3, -0.25) is 10.1 Å². The molecule has 1 N–H and O–H groups in total. The van der Waals surface area contributed by atoms with Crippen LogP contribution in [0.2, 0.25) is 0 Å². The number of nitrogens with one attached hydrogen (secondary N) is 1. The number of amides is 1. The van der Waals surface area contributed by atoms with Crippen molar-refractivity contribution in [3.8, 4) is 17.2 Å². The second-order valence-corrected chi connectivity index (χ2v) is 5.86. The molecule has 0 aliphatic rings. The first kappa shape index (κ1) is 15.5. The van der Waals surface area contributed by atoms with Gasteiger partial charge in [-0.1, -0.05) is 0 Å². The van der Waals surface area contributed by atoms with Gasteiger partial charge in [-0.25, -0.2) is 0 Å². The maximum Gasteiger partial charge on any atom is 0.270 e. The molecule has 2 aromatic carbocycles. The topological polar surface area (TPSA) is 77.2 Å². The smallest absolute Gasteiger partial charge is 0.270 e. The largest absolute Gasteiger partial charge is 0.497 e. The SMILES string of the molecule is COc1ccc(-c2nc(NC(=O)c3ccc(I)cc3)no2)cc1. The molecule has 6 nitrogen and oxygen atoms in total. The van der Waals surface area contributed by atoms with Gasteiger partial charge in [0.15, 0.2) is 0 Å². The molecule has 1 aromatic heterocycles. The van der Waals surface area contributed by atoms with E-state index in [1.54, 1.807) is 43.5 Å². The molecule has 3 rings (SSSR count). The average Bonchev–Trinajstić information content (AvgIpc) is 3.04. The summed E-state index contributed by atoms with van der Waals surface area (Å²) in [5, 5.41) is 6.38. The van der Waals surface area contributed by atoms with Crippen molar-refractivity contribution in [3.05, 3.63) is 57.7 Å². The fourth-order valence-corrected chi connectivity index (χ4v) is 2.26. The maximum atomic E-state index is 12.1. The average molecular weight is 421 g/mol. The lowest BCUT2D eigenvalue weighted by Crippen LogP contribution is -2.12. The minimum absolute atomic E-state index is 0.124. The van der Waals surface area contributed by atoms with Gasteiger partial charge in [0, 0.05) is 14.7 Å². The van der Waals surface area contributed by atoms with Crippen LogP contribution in [-0.2, 0) is 0 Å². The Labute approximate surface area is 146 Å². The van der Waals surface area contributed by atoms with Crippen LogP contribution in [0.4, 0.5) is 5.95 Å². The third-order valence-electron chi connectivity index (χ3n) is 3.09. The summed E-state index contributed by atoms with van der Waals surface area (Å²) in [6.07, 6.45) is 0. The highest BCUT2D eigenvalue weighted by molar-refractivity contribution is 14.1. The Morgan fingerprint density at radius 3 is 2.48 bits per heavy atom. The fourth-order valence-electron chi connectivity index (χ4n) is 1.90. The van der Waals surface area contributed by atoms with Crippen molar-refractivity contribution in [2.75, 3.05) is 12.4 Å². The monoisotopic (exact) mass is 421 g/mol. The van der Waals surface area contributed by atoms with Gasteiger partial charge >= 0.3 is 0 Å².